The molecule has 3 N–H and O–H groups in total. The maximum Gasteiger partial charge on any atom is 0.231 e. The van der Waals surface area contributed by atoms with Gasteiger partial charge in [-0.3, -0.25) is 4.79 Å². The maximum atomic E-state index is 12.0. The SMILES string of the molecule is CC(CC(=N)CC(=O)Nc1ccccn1)c1c[nH]c2cc(C#N)ccc12. The topological polar surface area (TPSA) is 105 Å². The Hall–Kier alpha value is -3.46. The van der Waals surface area contributed by atoms with E-state index in [1.165, 1.54) is 0 Å². The largest absolute Gasteiger partial charge is 0.361 e. The minimum Gasteiger partial charge on any atom is -0.361 e. The molecule has 130 valence electrons. The zero-order valence-electron chi connectivity index (χ0n) is 14.4. The predicted octanol–water partition coefficient (Wildman–Crippen LogP) is 3.98. The zero-order chi connectivity index (χ0) is 18.5. The molecular weight excluding hydrogens is 326 g/mol. The van der Waals surface area contributed by atoms with Crippen LogP contribution in [0.2, 0.25) is 0 Å². The first-order valence-electron chi connectivity index (χ1n) is 8.35. The Balaban J connectivity index is 1.62. The highest BCUT2D eigenvalue weighted by molar-refractivity contribution is 6.05. The van der Waals surface area contributed by atoms with Gasteiger partial charge in [-0.1, -0.05) is 19.1 Å². The Morgan fingerprint density at radius 1 is 1.38 bits per heavy atom. The number of pyridine rings is 1. The van der Waals surface area contributed by atoms with E-state index < -0.39 is 0 Å². The monoisotopic (exact) mass is 345 g/mol. The summed E-state index contributed by atoms with van der Waals surface area (Å²) < 4.78 is 0. The molecule has 0 saturated heterocycles. The van der Waals surface area contributed by atoms with Crippen LogP contribution in [0.25, 0.3) is 10.9 Å². The molecule has 1 atom stereocenters. The number of nitriles is 1. The van der Waals surface area contributed by atoms with Gasteiger partial charge in [-0.2, -0.15) is 5.26 Å². The molecule has 2 heterocycles. The number of rotatable bonds is 6. The van der Waals surface area contributed by atoms with E-state index in [9.17, 15) is 4.79 Å². The lowest BCUT2D eigenvalue weighted by Crippen LogP contribution is -2.17. The van der Waals surface area contributed by atoms with Crippen molar-refractivity contribution in [2.45, 2.75) is 25.7 Å². The summed E-state index contributed by atoms with van der Waals surface area (Å²) in [6.07, 6.45) is 4.06. The molecule has 3 aromatic rings. The van der Waals surface area contributed by atoms with Crippen molar-refractivity contribution in [3.8, 4) is 6.07 Å². The number of anilines is 1. The van der Waals surface area contributed by atoms with E-state index in [1.54, 1.807) is 30.5 Å². The van der Waals surface area contributed by atoms with Crippen molar-refractivity contribution in [1.29, 1.82) is 10.7 Å². The van der Waals surface area contributed by atoms with Crippen LogP contribution in [0.3, 0.4) is 0 Å². The number of carbonyl (C=O) groups excluding carboxylic acids is 1. The Morgan fingerprint density at radius 2 is 2.23 bits per heavy atom. The molecule has 0 aliphatic heterocycles. The van der Waals surface area contributed by atoms with E-state index in [1.807, 2.05) is 25.3 Å². The van der Waals surface area contributed by atoms with Crippen LogP contribution in [0.5, 0.6) is 0 Å². The molecule has 0 aliphatic rings. The number of benzene rings is 1. The fraction of sp³-hybridized carbons (Fsp3) is 0.200. The van der Waals surface area contributed by atoms with Gasteiger partial charge in [-0.15, -0.1) is 0 Å². The van der Waals surface area contributed by atoms with Gasteiger partial charge in [0.15, 0.2) is 0 Å². The van der Waals surface area contributed by atoms with Crippen LogP contribution in [-0.2, 0) is 4.79 Å². The van der Waals surface area contributed by atoms with Crippen molar-refractivity contribution in [2.75, 3.05) is 5.32 Å². The Morgan fingerprint density at radius 3 is 2.96 bits per heavy atom. The van der Waals surface area contributed by atoms with Gasteiger partial charge in [0, 0.05) is 29.0 Å². The lowest BCUT2D eigenvalue weighted by Gasteiger charge is -2.12. The lowest BCUT2D eigenvalue weighted by molar-refractivity contribution is -0.115. The highest BCUT2D eigenvalue weighted by Gasteiger charge is 2.15. The summed E-state index contributed by atoms with van der Waals surface area (Å²) in [6, 6.07) is 12.9. The smallest absolute Gasteiger partial charge is 0.231 e. The molecule has 1 aromatic carbocycles. The molecular formula is C20H19N5O. The number of aromatic nitrogens is 2. The lowest BCUT2D eigenvalue weighted by atomic mass is 9.93. The summed E-state index contributed by atoms with van der Waals surface area (Å²) in [6.45, 7) is 2.03. The van der Waals surface area contributed by atoms with Crippen molar-refractivity contribution >= 4 is 28.3 Å². The average Bonchev–Trinajstić information content (AvgIpc) is 3.05. The molecule has 1 amide bonds. The minimum atomic E-state index is -0.238. The Kier molecular flexibility index (Phi) is 5.09. The number of hydrogen-bond donors (Lipinski definition) is 3. The van der Waals surface area contributed by atoms with E-state index in [0.29, 0.717) is 23.5 Å². The summed E-state index contributed by atoms with van der Waals surface area (Å²) in [7, 11) is 0. The molecule has 2 aromatic heterocycles. The van der Waals surface area contributed by atoms with Gasteiger partial charge in [-0.25, -0.2) is 4.98 Å². The Labute approximate surface area is 151 Å². The number of hydrogen-bond acceptors (Lipinski definition) is 4. The van der Waals surface area contributed by atoms with Crippen LogP contribution in [0.1, 0.15) is 36.8 Å². The number of nitrogens with zero attached hydrogens (tertiary/aromatic N) is 2. The third kappa shape index (κ3) is 3.95. The minimum absolute atomic E-state index is 0.0435. The molecule has 26 heavy (non-hydrogen) atoms. The van der Waals surface area contributed by atoms with Crippen molar-refractivity contribution in [2.24, 2.45) is 0 Å². The summed E-state index contributed by atoms with van der Waals surface area (Å²) in [5, 5.41) is 20.9. The predicted molar refractivity (Wildman–Crippen MR) is 101 cm³/mol. The second-order valence-corrected chi connectivity index (χ2v) is 6.26. The summed E-state index contributed by atoms with van der Waals surface area (Å²) >= 11 is 0. The van der Waals surface area contributed by atoms with Gasteiger partial charge in [-0.05, 0) is 42.2 Å². The first-order valence-corrected chi connectivity index (χ1v) is 8.35. The van der Waals surface area contributed by atoms with E-state index >= 15 is 0 Å². The highest BCUT2D eigenvalue weighted by Crippen LogP contribution is 2.28. The van der Waals surface area contributed by atoms with E-state index in [4.69, 9.17) is 10.7 Å². The number of carbonyl (C=O) groups is 1. The standard InChI is InChI=1S/C20H19N5O/c1-13(17-12-24-18-9-14(11-21)5-6-16(17)18)8-15(22)10-20(26)25-19-4-2-3-7-23-19/h2-7,9,12-13,22,24H,8,10H2,1H3,(H,23,25,26). The fourth-order valence-electron chi connectivity index (χ4n) is 3.00. The normalized spacial score (nSPS) is 11.7. The van der Waals surface area contributed by atoms with Gasteiger partial charge in [0.1, 0.15) is 5.82 Å². The van der Waals surface area contributed by atoms with Crippen molar-refractivity contribution in [3.05, 3.63) is 59.9 Å². The van der Waals surface area contributed by atoms with Gasteiger partial charge < -0.3 is 15.7 Å². The molecule has 0 bridgehead atoms. The summed E-state index contributed by atoms with van der Waals surface area (Å²) in [4.78, 5) is 19.3. The molecule has 1 unspecified atom stereocenters. The van der Waals surface area contributed by atoms with Crippen molar-refractivity contribution in [1.82, 2.24) is 9.97 Å². The first-order chi connectivity index (χ1) is 12.6. The molecule has 3 rings (SSSR count). The Bertz CT molecular complexity index is 984. The molecule has 0 fully saturated rings. The van der Waals surface area contributed by atoms with Gasteiger partial charge >= 0.3 is 0 Å². The summed E-state index contributed by atoms with van der Waals surface area (Å²) in [5.41, 5.74) is 2.97. The third-order valence-electron chi connectivity index (χ3n) is 4.23. The van der Waals surface area contributed by atoms with Gasteiger partial charge in [0.25, 0.3) is 0 Å². The number of H-pyrrole nitrogens is 1. The van der Waals surface area contributed by atoms with Crippen LogP contribution >= 0.6 is 0 Å². The zero-order valence-corrected chi connectivity index (χ0v) is 14.4. The van der Waals surface area contributed by atoms with Gasteiger partial charge in [0.2, 0.25) is 5.91 Å². The fourth-order valence-corrected chi connectivity index (χ4v) is 3.00. The van der Waals surface area contributed by atoms with Crippen LogP contribution in [0, 0.1) is 16.7 Å². The number of fused-ring (bicyclic) bond motifs is 1. The van der Waals surface area contributed by atoms with Crippen molar-refractivity contribution in [3.63, 3.8) is 0 Å². The van der Waals surface area contributed by atoms with E-state index in [0.717, 1.165) is 16.5 Å². The van der Waals surface area contributed by atoms with E-state index in [2.05, 4.69) is 21.4 Å². The molecule has 0 saturated carbocycles. The second kappa shape index (κ2) is 7.62. The highest BCUT2D eigenvalue weighted by atomic mass is 16.1. The second-order valence-electron chi connectivity index (χ2n) is 6.26. The van der Waals surface area contributed by atoms with Crippen molar-refractivity contribution < 1.29 is 4.79 Å². The van der Waals surface area contributed by atoms with Crippen LogP contribution in [0.15, 0.2) is 48.8 Å². The maximum absolute atomic E-state index is 12.0. The first kappa shape index (κ1) is 17.4. The van der Waals surface area contributed by atoms with Crippen LogP contribution < -0.4 is 5.32 Å². The van der Waals surface area contributed by atoms with Crippen LogP contribution in [-0.4, -0.2) is 21.6 Å². The molecule has 6 heteroatoms. The molecule has 6 nitrogen and oxygen atoms in total. The molecule has 0 radical (unpaired) electrons. The molecule has 0 spiro atoms. The third-order valence-corrected chi connectivity index (χ3v) is 4.23. The molecule has 0 aliphatic carbocycles. The quantitative estimate of drug-likeness (QED) is 0.588. The number of nitrogens with one attached hydrogen (secondary N) is 3. The van der Waals surface area contributed by atoms with Gasteiger partial charge in [0.05, 0.1) is 18.1 Å². The summed E-state index contributed by atoms with van der Waals surface area (Å²) in [5.74, 6) is 0.341. The van der Waals surface area contributed by atoms with Crippen LogP contribution in [0.4, 0.5) is 5.82 Å². The number of aromatic amines is 1. The number of amides is 1. The van der Waals surface area contributed by atoms with E-state index in [-0.39, 0.29) is 18.2 Å². The average molecular weight is 345 g/mol.